The van der Waals surface area contributed by atoms with Gasteiger partial charge in [0.05, 0.1) is 11.7 Å². The molecule has 19 heavy (non-hydrogen) atoms. The fourth-order valence-electron chi connectivity index (χ4n) is 2.18. The molecule has 102 valence electrons. The van der Waals surface area contributed by atoms with E-state index in [4.69, 9.17) is 0 Å². The van der Waals surface area contributed by atoms with Crippen LogP contribution in [0.15, 0.2) is 36.5 Å². The molecular formula is C15H20FN3. The number of benzene rings is 1. The van der Waals surface area contributed by atoms with Crippen LogP contribution in [0.25, 0.3) is 0 Å². The Kier molecular flexibility index (Phi) is 4.68. The van der Waals surface area contributed by atoms with Crippen molar-refractivity contribution in [3.8, 4) is 0 Å². The fraction of sp³-hybridized carbons (Fsp3) is 0.400. The summed E-state index contributed by atoms with van der Waals surface area (Å²) in [6.45, 7) is 3.10. The minimum Gasteiger partial charge on any atom is -0.308 e. The van der Waals surface area contributed by atoms with Crippen LogP contribution >= 0.6 is 0 Å². The molecule has 4 heteroatoms. The average molecular weight is 261 g/mol. The van der Waals surface area contributed by atoms with Crippen LogP contribution in [0.4, 0.5) is 4.39 Å². The number of rotatable bonds is 6. The summed E-state index contributed by atoms with van der Waals surface area (Å²) in [5.41, 5.74) is 2.27. The van der Waals surface area contributed by atoms with Crippen molar-refractivity contribution in [2.24, 2.45) is 7.05 Å². The first kappa shape index (κ1) is 13.7. The molecular weight excluding hydrogens is 241 g/mol. The van der Waals surface area contributed by atoms with Crippen molar-refractivity contribution in [3.63, 3.8) is 0 Å². The molecule has 0 aliphatic rings. The van der Waals surface area contributed by atoms with E-state index in [-0.39, 0.29) is 11.9 Å². The third kappa shape index (κ3) is 3.64. The Balaban J connectivity index is 2.14. The maximum atomic E-state index is 12.9. The average Bonchev–Trinajstić information content (AvgIpc) is 2.83. The van der Waals surface area contributed by atoms with E-state index in [9.17, 15) is 4.39 Å². The lowest BCUT2D eigenvalue weighted by Gasteiger charge is -2.19. The standard InChI is InChI=1S/C15H20FN3/c1-3-9-17-14(15-8-10-18-19(15)2)11-12-4-6-13(16)7-5-12/h4-8,10,14,17H,3,9,11H2,1-2H3. The Morgan fingerprint density at radius 1 is 1.26 bits per heavy atom. The minimum absolute atomic E-state index is 0.192. The highest BCUT2D eigenvalue weighted by molar-refractivity contribution is 5.20. The van der Waals surface area contributed by atoms with Crippen LogP contribution in [0, 0.1) is 5.82 Å². The van der Waals surface area contributed by atoms with E-state index in [0.717, 1.165) is 30.6 Å². The lowest BCUT2D eigenvalue weighted by molar-refractivity contribution is 0.493. The third-order valence-corrected chi connectivity index (χ3v) is 3.21. The van der Waals surface area contributed by atoms with E-state index in [0.29, 0.717) is 0 Å². The van der Waals surface area contributed by atoms with Gasteiger partial charge >= 0.3 is 0 Å². The number of aromatic nitrogens is 2. The van der Waals surface area contributed by atoms with E-state index in [1.807, 2.05) is 29.9 Å². The Morgan fingerprint density at radius 2 is 2.00 bits per heavy atom. The van der Waals surface area contributed by atoms with Gasteiger partial charge in [-0.25, -0.2) is 4.39 Å². The normalized spacial score (nSPS) is 12.6. The van der Waals surface area contributed by atoms with Gasteiger partial charge in [-0.05, 0) is 43.1 Å². The highest BCUT2D eigenvalue weighted by Crippen LogP contribution is 2.18. The molecule has 1 aromatic carbocycles. The highest BCUT2D eigenvalue weighted by atomic mass is 19.1. The summed E-state index contributed by atoms with van der Waals surface area (Å²) in [7, 11) is 1.95. The molecule has 0 fully saturated rings. The predicted octanol–water partition coefficient (Wildman–Crippen LogP) is 2.84. The zero-order chi connectivity index (χ0) is 13.7. The lowest BCUT2D eigenvalue weighted by atomic mass is 10.0. The molecule has 0 radical (unpaired) electrons. The second-order valence-electron chi connectivity index (χ2n) is 4.72. The molecule has 1 aromatic heterocycles. The molecule has 3 nitrogen and oxygen atoms in total. The zero-order valence-corrected chi connectivity index (χ0v) is 11.4. The van der Waals surface area contributed by atoms with Gasteiger partial charge in [0.15, 0.2) is 0 Å². The van der Waals surface area contributed by atoms with Gasteiger partial charge in [0.2, 0.25) is 0 Å². The maximum Gasteiger partial charge on any atom is 0.123 e. The molecule has 0 saturated heterocycles. The molecule has 0 saturated carbocycles. The summed E-state index contributed by atoms with van der Waals surface area (Å²) in [6.07, 6.45) is 3.72. The van der Waals surface area contributed by atoms with Gasteiger partial charge in [-0.3, -0.25) is 4.68 Å². The molecule has 2 aromatic rings. The van der Waals surface area contributed by atoms with Crippen molar-refractivity contribution >= 4 is 0 Å². The molecule has 1 heterocycles. The van der Waals surface area contributed by atoms with E-state index < -0.39 is 0 Å². The molecule has 0 aliphatic heterocycles. The van der Waals surface area contributed by atoms with E-state index in [1.165, 1.54) is 12.1 Å². The quantitative estimate of drug-likeness (QED) is 0.866. The Bertz CT molecular complexity index is 504. The van der Waals surface area contributed by atoms with Crippen LogP contribution in [0.3, 0.4) is 0 Å². The fourth-order valence-corrected chi connectivity index (χ4v) is 2.18. The minimum atomic E-state index is -0.192. The first-order valence-corrected chi connectivity index (χ1v) is 6.66. The number of aryl methyl sites for hydroxylation is 1. The summed E-state index contributed by atoms with van der Waals surface area (Å²) in [6, 6.07) is 8.93. The number of nitrogens with zero attached hydrogens (tertiary/aromatic N) is 2. The van der Waals surface area contributed by atoms with E-state index >= 15 is 0 Å². The summed E-state index contributed by atoms with van der Waals surface area (Å²) >= 11 is 0. The Labute approximate surface area is 113 Å². The first-order chi connectivity index (χ1) is 9.20. The molecule has 0 aliphatic carbocycles. The Morgan fingerprint density at radius 3 is 2.58 bits per heavy atom. The van der Waals surface area contributed by atoms with Crippen molar-refractivity contribution < 1.29 is 4.39 Å². The predicted molar refractivity (Wildman–Crippen MR) is 74.3 cm³/mol. The summed E-state index contributed by atoms with van der Waals surface area (Å²) < 4.78 is 14.8. The second kappa shape index (κ2) is 6.48. The number of hydrogen-bond donors (Lipinski definition) is 1. The zero-order valence-electron chi connectivity index (χ0n) is 11.4. The number of halogens is 1. The molecule has 1 atom stereocenters. The number of nitrogens with one attached hydrogen (secondary N) is 1. The van der Waals surface area contributed by atoms with Gasteiger partial charge in [-0.15, -0.1) is 0 Å². The highest BCUT2D eigenvalue weighted by Gasteiger charge is 2.14. The summed E-state index contributed by atoms with van der Waals surface area (Å²) in [5, 5.41) is 7.74. The van der Waals surface area contributed by atoms with Crippen LogP contribution in [0.2, 0.25) is 0 Å². The topological polar surface area (TPSA) is 29.9 Å². The maximum absolute atomic E-state index is 12.9. The second-order valence-corrected chi connectivity index (χ2v) is 4.72. The van der Waals surface area contributed by atoms with Gasteiger partial charge in [-0.1, -0.05) is 19.1 Å². The van der Waals surface area contributed by atoms with Crippen molar-refractivity contribution in [2.75, 3.05) is 6.54 Å². The van der Waals surface area contributed by atoms with Crippen LogP contribution in [-0.2, 0) is 13.5 Å². The summed E-state index contributed by atoms with van der Waals surface area (Å²) in [5.74, 6) is -0.192. The monoisotopic (exact) mass is 261 g/mol. The van der Waals surface area contributed by atoms with Crippen molar-refractivity contribution in [1.29, 1.82) is 0 Å². The molecule has 0 bridgehead atoms. The van der Waals surface area contributed by atoms with Crippen LogP contribution in [0.1, 0.15) is 30.6 Å². The molecule has 0 amide bonds. The number of hydrogen-bond acceptors (Lipinski definition) is 2. The van der Waals surface area contributed by atoms with E-state index in [1.54, 1.807) is 6.20 Å². The largest absolute Gasteiger partial charge is 0.308 e. The molecule has 1 unspecified atom stereocenters. The molecule has 0 spiro atoms. The Hall–Kier alpha value is -1.68. The molecule has 2 rings (SSSR count). The first-order valence-electron chi connectivity index (χ1n) is 6.66. The van der Waals surface area contributed by atoms with Crippen molar-refractivity contribution in [1.82, 2.24) is 15.1 Å². The van der Waals surface area contributed by atoms with Crippen LogP contribution in [-0.4, -0.2) is 16.3 Å². The third-order valence-electron chi connectivity index (χ3n) is 3.21. The van der Waals surface area contributed by atoms with Gasteiger partial charge in [-0.2, -0.15) is 5.10 Å². The van der Waals surface area contributed by atoms with Gasteiger partial charge in [0.1, 0.15) is 5.82 Å². The summed E-state index contributed by atoms with van der Waals surface area (Å²) in [4.78, 5) is 0. The van der Waals surface area contributed by atoms with Gasteiger partial charge in [0, 0.05) is 13.2 Å². The molecule has 1 N–H and O–H groups in total. The van der Waals surface area contributed by atoms with Crippen LogP contribution < -0.4 is 5.32 Å². The van der Waals surface area contributed by atoms with Gasteiger partial charge in [0.25, 0.3) is 0 Å². The van der Waals surface area contributed by atoms with Crippen molar-refractivity contribution in [3.05, 3.63) is 53.6 Å². The lowest BCUT2D eigenvalue weighted by Crippen LogP contribution is -2.26. The van der Waals surface area contributed by atoms with Crippen LogP contribution in [0.5, 0.6) is 0 Å². The SMILES string of the molecule is CCCNC(Cc1ccc(F)cc1)c1ccnn1C. The van der Waals surface area contributed by atoms with E-state index in [2.05, 4.69) is 17.3 Å². The van der Waals surface area contributed by atoms with Crippen molar-refractivity contribution in [2.45, 2.75) is 25.8 Å². The smallest absolute Gasteiger partial charge is 0.123 e. The van der Waals surface area contributed by atoms with Gasteiger partial charge < -0.3 is 5.32 Å².